The fraction of sp³-hybridized carbons (Fsp3) is 0.826. The molecule has 0 spiro atoms. The SMILES string of the molecule is CCCCCCCCCCCCCCCC/C=C/C=C/CCCO. The van der Waals surface area contributed by atoms with E-state index in [-0.39, 0.29) is 0 Å². The number of rotatable bonds is 19. The van der Waals surface area contributed by atoms with Gasteiger partial charge in [0, 0.05) is 6.61 Å². The molecule has 0 amide bonds. The summed E-state index contributed by atoms with van der Waals surface area (Å²) in [5.74, 6) is 0. The monoisotopic (exact) mass is 336 g/mol. The predicted octanol–water partition coefficient (Wildman–Crippen LogP) is 7.74. The lowest BCUT2D eigenvalue weighted by Gasteiger charge is -2.02. The summed E-state index contributed by atoms with van der Waals surface area (Å²) < 4.78 is 0. The molecule has 0 unspecified atom stereocenters. The highest BCUT2D eigenvalue weighted by Crippen LogP contribution is 2.13. The molecule has 0 saturated carbocycles. The first kappa shape index (κ1) is 23.4. The van der Waals surface area contributed by atoms with E-state index in [0.717, 1.165) is 12.8 Å². The molecule has 1 nitrogen and oxygen atoms in total. The maximum absolute atomic E-state index is 8.67. The van der Waals surface area contributed by atoms with E-state index in [0.29, 0.717) is 6.61 Å². The van der Waals surface area contributed by atoms with Crippen LogP contribution in [-0.4, -0.2) is 11.7 Å². The van der Waals surface area contributed by atoms with Crippen molar-refractivity contribution in [1.29, 1.82) is 0 Å². The second-order valence-corrected chi connectivity index (χ2v) is 7.11. The zero-order valence-electron chi connectivity index (χ0n) is 16.5. The highest BCUT2D eigenvalue weighted by molar-refractivity contribution is 5.02. The largest absolute Gasteiger partial charge is 0.396 e. The van der Waals surface area contributed by atoms with Gasteiger partial charge in [-0.25, -0.2) is 0 Å². The van der Waals surface area contributed by atoms with Crippen molar-refractivity contribution < 1.29 is 5.11 Å². The molecule has 0 fully saturated rings. The van der Waals surface area contributed by atoms with Gasteiger partial charge >= 0.3 is 0 Å². The van der Waals surface area contributed by atoms with Gasteiger partial charge in [-0.1, -0.05) is 115 Å². The number of aliphatic hydroxyl groups is 1. The van der Waals surface area contributed by atoms with Gasteiger partial charge in [0.25, 0.3) is 0 Å². The lowest BCUT2D eigenvalue weighted by molar-refractivity contribution is 0.289. The van der Waals surface area contributed by atoms with E-state index in [1.54, 1.807) is 0 Å². The number of allylic oxidation sites excluding steroid dienone is 4. The molecular weight excluding hydrogens is 292 g/mol. The molecule has 0 aromatic carbocycles. The van der Waals surface area contributed by atoms with Crippen molar-refractivity contribution in [2.45, 2.75) is 116 Å². The summed E-state index contributed by atoms with van der Waals surface area (Å²) in [6.07, 6.45) is 31.7. The summed E-state index contributed by atoms with van der Waals surface area (Å²) in [5, 5.41) is 8.67. The lowest BCUT2D eigenvalue weighted by atomic mass is 10.0. The Bertz CT molecular complexity index is 267. The predicted molar refractivity (Wildman–Crippen MR) is 110 cm³/mol. The van der Waals surface area contributed by atoms with Gasteiger partial charge in [-0.15, -0.1) is 0 Å². The van der Waals surface area contributed by atoms with Gasteiger partial charge in [0.15, 0.2) is 0 Å². The van der Waals surface area contributed by atoms with Crippen LogP contribution in [0.5, 0.6) is 0 Å². The van der Waals surface area contributed by atoms with Gasteiger partial charge in [0.1, 0.15) is 0 Å². The molecule has 0 radical (unpaired) electrons. The van der Waals surface area contributed by atoms with Gasteiger partial charge in [-0.2, -0.15) is 0 Å². The summed E-state index contributed by atoms with van der Waals surface area (Å²) in [6.45, 7) is 2.59. The normalized spacial score (nSPS) is 11.9. The first-order valence-electron chi connectivity index (χ1n) is 10.8. The van der Waals surface area contributed by atoms with E-state index in [4.69, 9.17) is 5.11 Å². The summed E-state index contributed by atoms with van der Waals surface area (Å²) in [7, 11) is 0. The summed E-state index contributed by atoms with van der Waals surface area (Å²) >= 11 is 0. The Morgan fingerprint density at radius 1 is 0.500 bits per heavy atom. The molecular formula is C23H44O. The average molecular weight is 337 g/mol. The van der Waals surface area contributed by atoms with Crippen molar-refractivity contribution in [3.63, 3.8) is 0 Å². The second kappa shape index (κ2) is 22.4. The van der Waals surface area contributed by atoms with Crippen LogP contribution in [0.1, 0.15) is 116 Å². The first-order chi connectivity index (χ1) is 11.9. The number of hydrogen-bond acceptors (Lipinski definition) is 1. The third-order valence-corrected chi connectivity index (χ3v) is 4.64. The minimum Gasteiger partial charge on any atom is -0.396 e. The fourth-order valence-corrected chi connectivity index (χ4v) is 3.02. The molecule has 1 N–H and O–H groups in total. The molecule has 0 saturated heterocycles. The summed E-state index contributed by atoms with van der Waals surface area (Å²) in [6, 6.07) is 0. The van der Waals surface area contributed by atoms with Crippen LogP contribution in [0.15, 0.2) is 24.3 Å². The second-order valence-electron chi connectivity index (χ2n) is 7.11. The van der Waals surface area contributed by atoms with Crippen LogP contribution in [0.3, 0.4) is 0 Å². The van der Waals surface area contributed by atoms with Gasteiger partial charge in [0.2, 0.25) is 0 Å². The number of unbranched alkanes of at least 4 members (excludes halogenated alkanes) is 15. The Hall–Kier alpha value is -0.560. The molecule has 24 heavy (non-hydrogen) atoms. The van der Waals surface area contributed by atoms with Crippen molar-refractivity contribution >= 4 is 0 Å². The van der Waals surface area contributed by atoms with E-state index in [9.17, 15) is 0 Å². The minimum atomic E-state index is 0.299. The minimum absolute atomic E-state index is 0.299. The van der Waals surface area contributed by atoms with Crippen LogP contribution in [-0.2, 0) is 0 Å². The standard InChI is InChI=1S/C23H44O/c1-2-3-4-5-6-7-8-9-10-11-12-13-14-15-16-17-18-19-20-21-22-23-24/h17-20,24H,2-16,21-23H2,1H3/b18-17+,20-19+. The molecule has 0 aliphatic carbocycles. The molecule has 142 valence electrons. The zero-order chi connectivity index (χ0) is 17.6. The van der Waals surface area contributed by atoms with Gasteiger partial charge in [-0.05, 0) is 25.7 Å². The van der Waals surface area contributed by atoms with Crippen molar-refractivity contribution in [3.8, 4) is 0 Å². The molecule has 0 aliphatic rings. The fourth-order valence-electron chi connectivity index (χ4n) is 3.02. The van der Waals surface area contributed by atoms with E-state index in [1.807, 2.05) is 0 Å². The maximum atomic E-state index is 8.67. The summed E-state index contributed by atoms with van der Waals surface area (Å²) in [4.78, 5) is 0. The number of aliphatic hydroxyl groups excluding tert-OH is 1. The topological polar surface area (TPSA) is 20.2 Å². The Morgan fingerprint density at radius 3 is 1.29 bits per heavy atom. The van der Waals surface area contributed by atoms with Crippen molar-refractivity contribution in [1.82, 2.24) is 0 Å². The van der Waals surface area contributed by atoms with E-state index in [2.05, 4.69) is 31.2 Å². The van der Waals surface area contributed by atoms with Crippen molar-refractivity contribution in [2.24, 2.45) is 0 Å². The lowest BCUT2D eigenvalue weighted by Crippen LogP contribution is -1.83. The van der Waals surface area contributed by atoms with Crippen LogP contribution in [0, 0.1) is 0 Å². The molecule has 0 aromatic heterocycles. The van der Waals surface area contributed by atoms with Crippen LogP contribution >= 0.6 is 0 Å². The van der Waals surface area contributed by atoms with Crippen LogP contribution < -0.4 is 0 Å². The highest BCUT2D eigenvalue weighted by atomic mass is 16.2. The van der Waals surface area contributed by atoms with Gasteiger partial charge in [0.05, 0.1) is 0 Å². The third kappa shape index (κ3) is 21.4. The Balaban J connectivity index is 3.07. The Labute approximate surface area is 152 Å². The van der Waals surface area contributed by atoms with E-state index >= 15 is 0 Å². The van der Waals surface area contributed by atoms with Gasteiger partial charge < -0.3 is 5.11 Å². The first-order valence-corrected chi connectivity index (χ1v) is 10.8. The summed E-state index contributed by atoms with van der Waals surface area (Å²) in [5.41, 5.74) is 0. The smallest absolute Gasteiger partial charge is 0.0433 e. The Kier molecular flexibility index (Phi) is 21.9. The molecule has 0 heterocycles. The Morgan fingerprint density at radius 2 is 0.875 bits per heavy atom. The quantitative estimate of drug-likeness (QED) is 0.189. The van der Waals surface area contributed by atoms with E-state index < -0.39 is 0 Å². The molecule has 0 rings (SSSR count). The van der Waals surface area contributed by atoms with E-state index in [1.165, 1.54) is 96.3 Å². The number of hydrogen-bond donors (Lipinski definition) is 1. The van der Waals surface area contributed by atoms with Crippen LogP contribution in [0.25, 0.3) is 0 Å². The molecule has 1 heteroatoms. The molecule has 0 aliphatic heterocycles. The third-order valence-electron chi connectivity index (χ3n) is 4.64. The molecule has 0 atom stereocenters. The van der Waals surface area contributed by atoms with Gasteiger partial charge in [-0.3, -0.25) is 0 Å². The molecule has 0 bridgehead atoms. The zero-order valence-corrected chi connectivity index (χ0v) is 16.5. The van der Waals surface area contributed by atoms with Crippen molar-refractivity contribution in [3.05, 3.63) is 24.3 Å². The highest BCUT2D eigenvalue weighted by Gasteiger charge is 1.93. The average Bonchev–Trinajstić information content (AvgIpc) is 2.60. The van der Waals surface area contributed by atoms with Crippen molar-refractivity contribution in [2.75, 3.05) is 6.61 Å². The van der Waals surface area contributed by atoms with Crippen LogP contribution in [0.2, 0.25) is 0 Å². The molecule has 0 aromatic rings. The maximum Gasteiger partial charge on any atom is 0.0433 e. The van der Waals surface area contributed by atoms with Crippen LogP contribution in [0.4, 0.5) is 0 Å².